The quantitative estimate of drug-likeness (QED) is 0.0335. The van der Waals surface area contributed by atoms with Crippen LogP contribution in [0.15, 0.2) is 60.7 Å². The first-order valence-corrected chi connectivity index (χ1v) is 21.7. The maximum absolute atomic E-state index is 13.5. The second kappa shape index (κ2) is 16.9. The van der Waals surface area contributed by atoms with E-state index >= 15 is 0 Å². The normalized spacial score (nSPS) is 13.6. The summed E-state index contributed by atoms with van der Waals surface area (Å²) < 4.78 is 1.77. The second-order valence-corrected chi connectivity index (χ2v) is 18.9. The molecule has 2 aliphatic rings. The number of nitrogens with one attached hydrogen (secondary N) is 2. The maximum atomic E-state index is 13.5. The lowest BCUT2D eigenvalue weighted by molar-refractivity contribution is -0.887. The van der Waals surface area contributed by atoms with E-state index in [1.165, 1.54) is 0 Å². The highest BCUT2D eigenvalue weighted by molar-refractivity contribution is 8.76. The SMILES string of the molecule is Cc1cc(NCCC[N+](C)(C)CCSSCC[N+](C)(C)CCCNc2cc(C)c(N)c3c2C(=O)c2ccccc2C3=O)c2c(c1N)C(=O)c1ccccc1C2=O. The van der Waals surface area contributed by atoms with Gasteiger partial charge in [-0.25, -0.2) is 0 Å². The van der Waals surface area contributed by atoms with Gasteiger partial charge in [0.1, 0.15) is 0 Å². The summed E-state index contributed by atoms with van der Waals surface area (Å²) in [5.41, 5.74) is 19.4. The number of hydrogen-bond donors (Lipinski definition) is 4. The minimum Gasteiger partial charge on any atom is -0.398 e. The van der Waals surface area contributed by atoms with Crippen molar-refractivity contribution in [3.8, 4) is 0 Å². The van der Waals surface area contributed by atoms with Crippen molar-refractivity contribution in [1.82, 2.24) is 0 Å². The molecule has 4 aromatic rings. The molecule has 0 fully saturated rings. The molecule has 2 aliphatic carbocycles. The number of benzene rings is 4. The zero-order chi connectivity index (χ0) is 40.4. The first-order chi connectivity index (χ1) is 26.6. The van der Waals surface area contributed by atoms with Gasteiger partial charge in [0.2, 0.25) is 0 Å². The number of carbonyl (C=O) groups excluding carboxylic acids is 4. The highest BCUT2D eigenvalue weighted by atomic mass is 33.1. The Morgan fingerprint density at radius 1 is 0.518 bits per heavy atom. The first kappa shape index (κ1) is 41.0. The van der Waals surface area contributed by atoms with Gasteiger partial charge in [0.25, 0.3) is 0 Å². The van der Waals surface area contributed by atoms with Gasteiger partial charge in [0, 0.05) is 70.9 Å². The van der Waals surface area contributed by atoms with Gasteiger partial charge >= 0.3 is 0 Å². The van der Waals surface area contributed by atoms with Crippen molar-refractivity contribution in [3.63, 3.8) is 0 Å². The zero-order valence-corrected chi connectivity index (χ0v) is 35.0. The van der Waals surface area contributed by atoms with Crippen LogP contribution in [0.25, 0.3) is 0 Å². The lowest BCUT2D eigenvalue weighted by Gasteiger charge is -2.31. The van der Waals surface area contributed by atoms with E-state index in [-0.39, 0.29) is 23.1 Å². The topological polar surface area (TPSA) is 144 Å². The Bertz CT molecular complexity index is 2060. The van der Waals surface area contributed by atoms with Crippen LogP contribution in [0, 0.1) is 13.8 Å². The number of aryl methyl sites for hydroxylation is 2. The smallest absolute Gasteiger partial charge is 0.196 e. The lowest BCUT2D eigenvalue weighted by Crippen LogP contribution is -2.43. The predicted octanol–water partition coefficient (Wildman–Crippen LogP) is 6.86. The molecule has 0 unspecified atom stereocenters. The molecule has 0 saturated carbocycles. The molecular weight excluding hydrogens is 741 g/mol. The van der Waals surface area contributed by atoms with Crippen molar-refractivity contribution in [1.29, 1.82) is 0 Å². The van der Waals surface area contributed by atoms with E-state index < -0.39 is 0 Å². The number of quaternary nitrogens is 2. The molecule has 0 heterocycles. The van der Waals surface area contributed by atoms with Gasteiger partial charge in [-0.2, -0.15) is 0 Å². The van der Waals surface area contributed by atoms with Gasteiger partial charge in [-0.3, -0.25) is 19.2 Å². The van der Waals surface area contributed by atoms with Crippen molar-refractivity contribution in [2.45, 2.75) is 26.7 Å². The van der Waals surface area contributed by atoms with E-state index in [1.54, 1.807) is 48.5 Å². The summed E-state index contributed by atoms with van der Waals surface area (Å²) in [5, 5.41) is 6.92. The third kappa shape index (κ3) is 8.53. The van der Waals surface area contributed by atoms with Crippen LogP contribution in [0.5, 0.6) is 0 Å². The zero-order valence-electron chi connectivity index (χ0n) is 33.3. The second-order valence-electron chi connectivity index (χ2n) is 16.2. The van der Waals surface area contributed by atoms with Gasteiger partial charge in [0.15, 0.2) is 23.1 Å². The van der Waals surface area contributed by atoms with E-state index in [0.717, 1.165) is 70.6 Å². The number of ketones is 4. The molecule has 4 aromatic carbocycles. The summed E-state index contributed by atoms with van der Waals surface area (Å²) in [6, 6.07) is 17.7. The standard InChI is InChI=1S/C44H52N6O4S2/c1-27-25-33(35-37(39(27)45)43(53)31-15-9-7-13-29(31)41(35)51)47-17-11-19-49(3,4)21-23-55-56-24-22-50(5,6)20-12-18-48-34-26-28(2)40(46)38-36(34)42(52)30-14-8-10-16-32(30)44(38)54/h7-10,13-16,25-26H,11-12,17-24H2,1-6H3,(H4-2,45,46,47,48,51,52,53,54)/p+2. The van der Waals surface area contributed by atoms with E-state index in [2.05, 4.69) is 38.8 Å². The Labute approximate surface area is 338 Å². The molecule has 0 saturated heterocycles. The Morgan fingerprint density at radius 2 is 0.839 bits per heavy atom. The summed E-state index contributed by atoms with van der Waals surface area (Å²) in [4.78, 5) is 53.7. The number of anilines is 4. The fraction of sp³-hybridized carbons (Fsp3) is 0.364. The number of carbonyl (C=O) groups is 4. The van der Waals surface area contributed by atoms with Gasteiger partial charge < -0.3 is 31.1 Å². The summed E-state index contributed by atoms with van der Waals surface area (Å²) >= 11 is 0. The van der Waals surface area contributed by atoms with Crippen molar-refractivity contribution in [3.05, 3.63) is 116 Å². The average Bonchev–Trinajstić information content (AvgIpc) is 3.17. The van der Waals surface area contributed by atoms with E-state index in [1.807, 2.05) is 47.6 Å². The van der Waals surface area contributed by atoms with Crippen LogP contribution in [0.2, 0.25) is 0 Å². The molecule has 0 atom stereocenters. The molecule has 294 valence electrons. The van der Waals surface area contributed by atoms with Crippen LogP contribution in [0.3, 0.4) is 0 Å². The molecule has 0 bridgehead atoms. The minimum absolute atomic E-state index is 0.165. The minimum atomic E-state index is -0.196. The van der Waals surface area contributed by atoms with Crippen LogP contribution in [-0.2, 0) is 0 Å². The summed E-state index contributed by atoms with van der Waals surface area (Å²) in [5.74, 6) is 1.36. The van der Waals surface area contributed by atoms with E-state index in [0.29, 0.717) is 80.3 Å². The van der Waals surface area contributed by atoms with Gasteiger partial charge in [-0.05, 0) is 37.1 Å². The van der Waals surface area contributed by atoms with Crippen LogP contribution in [0.1, 0.15) is 87.7 Å². The van der Waals surface area contributed by atoms with E-state index in [9.17, 15) is 19.2 Å². The Hall–Kier alpha value is -4.62. The molecular formula is C44H54N6O4S2+2. The fourth-order valence-corrected chi connectivity index (χ4v) is 10.1. The van der Waals surface area contributed by atoms with E-state index in [4.69, 9.17) is 11.5 Å². The summed E-state index contributed by atoms with van der Waals surface area (Å²) in [7, 11) is 12.8. The number of nitrogens with zero attached hydrogens (tertiary/aromatic N) is 2. The van der Waals surface area contributed by atoms with Crippen LogP contribution in [0.4, 0.5) is 22.7 Å². The van der Waals surface area contributed by atoms with Gasteiger partial charge in [0.05, 0.1) is 88.1 Å². The summed E-state index contributed by atoms with van der Waals surface area (Å²) in [6.07, 6.45) is 1.82. The highest BCUT2D eigenvalue weighted by Crippen LogP contribution is 2.39. The van der Waals surface area contributed by atoms with Gasteiger partial charge in [-0.15, -0.1) is 0 Å². The highest BCUT2D eigenvalue weighted by Gasteiger charge is 2.35. The molecule has 0 aromatic heterocycles. The number of hydrogen-bond acceptors (Lipinski definition) is 10. The first-order valence-electron chi connectivity index (χ1n) is 19.2. The molecule has 0 amide bonds. The third-order valence-electron chi connectivity index (χ3n) is 11.0. The number of nitrogen functional groups attached to an aromatic ring is 2. The monoisotopic (exact) mass is 794 g/mol. The lowest BCUT2D eigenvalue weighted by atomic mass is 9.81. The Balaban J connectivity index is 0.903. The largest absolute Gasteiger partial charge is 0.398 e. The van der Waals surface area contributed by atoms with Crippen molar-refractivity contribution in [2.75, 3.05) is 101 Å². The maximum Gasteiger partial charge on any atom is 0.196 e. The number of rotatable bonds is 17. The number of nitrogens with two attached hydrogens (primary N) is 2. The fourth-order valence-electron chi connectivity index (χ4n) is 7.56. The molecule has 12 heteroatoms. The van der Waals surface area contributed by atoms with Crippen LogP contribution in [-0.4, -0.2) is 111 Å². The molecule has 56 heavy (non-hydrogen) atoms. The van der Waals surface area contributed by atoms with Crippen LogP contribution < -0.4 is 22.1 Å². The van der Waals surface area contributed by atoms with Crippen molar-refractivity contribution in [2.24, 2.45) is 0 Å². The average molecular weight is 795 g/mol. The molecule has 0 spiro atoms. The summed E-state index contributed by atoms with van der Waals surface area (Å²) in [6.45, 7) is 9.12. The van der Waals surface area contributed by atoms with Crippen LogP contribution >= 0.6 is 21.6 Å². The number of fused-ring (bicyclic) bond motifs is 4. The molecule has 6 N–H and O–H groups in total. The molecule has 0 radical (unpaired) electrons. The molecule has 6 rings (SSSR count). The van der Waals surface area contributed by atoms with Gasteiger partial charge in [-0.1, -0.05) is 70.1 Å². The predicted molar refractivity (Wildman–Crippen MR) is 233 cm³/mol. The van der Waals surface area contributed by atoms with Crippen molar-refractivity contribution >= 4 is 67.5 Å². The molecule has 0 aliphatic heterocycles. The Morgan fingerprint density at radius 3 is 1.18 bits per heavy atom. The van der Waals surface area contributed by atoms with Crippen molar-refractivity contribution < 1.29 is 28.1 Å². The molecule has 10 nitrogen and oxygen atoms in total. The Kier molecular flexibility index (Phi) is 12.3. The third-order valence-corrected chi connectivity index (χ3v) is 13.4.